The summed E-state index contributed by atoms with van der Waals surface area (Å²) in [4.78, 5) is 17.8. The second-order valence-corrected chi connectivity index (χ2v) is 7.94. The first kappa shape index (κ1) is 18.3. The number of fused-ring (bicyclic) bond motifs is 1. The molecule has 140 valence electrons. The minimum Gasteiger partial charge on any atom is -0.376 e. The third kappa shape index (κ3) is 4.07. The maximum Gasteiger partial charge on any atom is 0.262 e. The zero-order valence-electron chi connectivity index (χ0n) is 14.4. The van der Waals surface area contributed by atoms with Crippen LogP contribution in [0.5, 0.6) is 0 Å². The first-order valence-electron chi connectivity index (χ1n) is 8.84. The van der Waals surface area contributed by atoms with Gasteiger partial charge in [-0.25, -0.2) is 4.98 Å². The Bertz CT molecular complexity index is 832. The van der Waals surface area contributed by atoms with Crippen LogP contribution in [-0.2, 0) is 20.8 Å². The zero-order valence-corrected chi connectivity index (χ0v) is 15.9. The lowest BCUT2D eigenvalue weighted by molar-refractivity contribution is -0.130. The standard InChI is InChI=1S/C18H21ClN2O4S/c19-12-3-4-15-16(8-12)20-18(26-10-14-5-7-23-11-25-14)21(17(15)22)9-13-2-1-6-24-13/h3-4,8,13-14H,1-2,5-7,9-11H2/t13-,14+/m0/s1. The maximum absolute atomic E-state index is 13.1. The van der Waals surface area contributed by atoms with E-state index >= 15 is 0 Å². The Hall–Kier alpha value is -1.12. The number of ether oxygens (including phenoxy) is 3. The molecule has 0 saturated carbocycles. The minimum atomic E-state index is -0.0439. The van der Waals surface area contributed by atoms with E-state index in [9.17, 15) is 4.79 Å². The molecule has 0 radical (unpaired) electrons. The van der Waals surface area contributed by atoms with E-state index in [1.807, 2.05) is 0 Å². The Labute approximate surface area is 160 Å². The predicted molar refractivity (Wildman–Crippen MR) is 101 cm³/mol. The quantitative estimate of drug-likeness (QED) is 0.571. The smallest absolute Gasteiger partial charge is 0.262 e. The van der Waals surface area contributed by atoms with E-state index in [2.05, 4.69) is 0 Å². The van der Waals surface area contributed by atoms with Crippen molar-refractivity contribution in [2.75, 3.05) is 25.8 Å². The van der Waals surface area contributed by atoms with Crippen LogP contribution in [0.15, 0.2) is 28.2 Å². The lowest BCUT2D eigenvalue weighted by Crippen LogP contribution is -2.30. The van der Waals surface area contributed by atoms with Gasteiger partial charge in [0.15, 0.2) is 5.16 Å². The first-order valence-corrected chi connectivity index (χ1v) is 10.2. The molecular weight excluding hydrogens is 376 g/mol. The fourth-order valence-electron chi connectivity index (χ4n) is 3.24. The number of nitrogens with zero attached hydrogens (tertiary/aromatic N) is 2. The summed E-state index contributed by atoms with van der Waals surface area (Å²) in [5.74, 6) is 0.730. The van der Waals surface area contributed by atoms with Crippen molar-refractivity contribution in [2.45, 2.75) is 43.2 Å². The number of aromatic nitrogens is 2. The van der Waals surface area contributed by atoms with Crippen molar-refractivity contribution < 1.29 is 14.2 Å². The van der Waals surface area contributed by atoms with E-state index in [0.29, 0.717) is 41.0 Å². The van der Waals surface area contributed by atoms with Crippen molar-refractivity contribution in [3.63, 3.8) is 0 Å². The van der Waals surface area contributed by atoms with Crippen LogP contribution in [0.25, 0.3) is 10.9 Å². The summed E-state index contributed by atoms with van der Waals surface area (Å²) in [7, 11) is 0. The molecule has 1 aromatic carbocycles. The van der Waals surface area contributed by atoms with Gasteiger partial charge in [0.05, 0.1) is 36.3 Å². The van der Waals surface area contributed by atoms with Gasteiger partial charge in [-0.15, -0.1) is 0 Å². The van der Waals surface area contributed by atoms with Gasteiger partial charge in [-0.1, -0.05) is 23.4 Å². The van der Waals surface area contributed by atoms with E-state index in [-0.39, 0.29) is 17.8 Å². The molecule has 0 spiro atoms. The van der Waals surface area contributed by atoms with Gasteiger partial charge in [0.1, 0.15) is 6.79 Å². The molecular formula is C18H21ClN2O4S. The minimum absolute atomic E-state index is 0.0439. The van der Waals surface area contributed by atoms with Gasteiger partial charge in [-0.2, -0.15) is 0 Å². The van der Waals surface area contributed by atoms with Crippen molar-refractivity contribution in [1.82, 2.24) is 9.55 Å². The molecule has 0 unspecified atom stereocenters. The average Bonchev–Trinajstić information content (AvgIpc) is 3.16. The van der Waals surface area contributed by atoms with Gasteiger partial charge in [0.25, 0.3) is 5.56 Å². The van der Waals surface area contributed by atoms with Crippen LogP contribution in [0.4, 0.5) is 0 Å². The molecule has 8 heteroatoms. The van der Waals surface area contributed by atoms with E-state index in [0.717, 1.165) is 31.6 Å². The molecule has 26 heavy (non-hydrogen) atoms. The summed E-state index contributed by atoms with van der Waals surface area (Å²) in [5, 5.41) is 1.85. The van der Waals surface area contributed by atoms with Gasteiger partial charge < -0.3 is 14.2 Å². The fraction of sp³-hybridized carbons (Fsp3) is 0.556. The van der Waals surface area contributed by atoms with Gasteiger partial charge >= 0.3 is 0 Å². The first-order chi connectivity index (χ1) is 12.7. The number of benzene rings is 1. The second-order valence-electron chi connectivity index (χ2n) is 6.52. The van der Waals surface area contributed by atoms with Crippen LogP contribution in [0.2, 0.25) is 5.02 Å². The van der Waals surface area contributed by atoms with Crippen molar-refractivity contribution in [3.05, 3.63) is 33.6 Å². The highest BCUT2D eigenvalue weighted by Crippen LogP contribution is 2.24. The van der Waals surface area contributed by atoms with E-state index in [1.54, 1.807) is 34.5 Å². The van der Waals surface area contributed by atoms with Crippen molar-refractivity contribution in [3.8, 4) is 0 Å². The van der Waals surface area contributed by atoms with E-state index in [1.165, 1.54) is 0 Å². The Morgan fingerprint density at radius 2 is 2.15 bits per heavy atom. The predicted octanol–water partition coefficient (Wildman–Crippen LogP) is 3.08. The highest BCUT2D eigenvalue weighted by molar-refractivity contribution is 7.99. The van der Waals surface area contributed by atoms with Crippen LogP contribution in [0.3, 0.4) is 0 Å². The summed E-state index contributed by atoms with van der Waals surface area (Å²) < 4.78 is 18.3. The molecule has 0 aliphatic carbocycles. The second kappa shape index (κ2) is 8.27. The third-order valence-corrected chi connectivity index (χ3v) is 6.01. The number of halogens is 1. The zero-order chi connectivity index (χ0) is 17.9. The van der Waals surface area contributed by atoms with Crippen molar-refractivity contribution >= 4 is 34.3 Å². The number of rotatable bonds is 5. The van der Waals surface area contributed by atoms with Gasteiger partial charge in [0, 0.05) is 17.4 Å². The van der Waals surface area contributed by atoms with E-state index in [4.69, 9.17) is 30.8 Å². The van der Waals surface area contributed by atoms with Crippen molar-refractivity contribution in [2.24, 2.45) is 0 Å². The van der Waals surface area contributed by atoms with Gasteiger partial charge in [-0.05, 0) is 37.5 Å². The Morgan fingerprint density at radius 3 is 2.92 bits per heavy atom. The summed E-state index contributed by atoms with van der Waals surface area (Å²) in [5.41, 5.74) is 0.582. The molecule has 3 heterocycles. The Balaban J connectivity index is 1.65. The Kier molecular flexibility index (Phi) is 5.81. The molecule has 2 atom stereocenters. The molecule has 2 aliphatic rings. The SMILES string of the molecule is O=c1c2ccc(Cl)cc2nc(SC[C@H]2CCOCO2)n1C[C@@H]1CCCO1. The van der Waals surface area contributed by atoms with Gasteiger partial charge in [0.2, 0.25) is 0 Å². The van der Waals surface area contributed by atoms with Crippen molar-refractivity contribution in [1.29, 1.82) is 0 Å². The van der Waals surface area contributed by atoms with Crippen LogP contribution in [0.1, 0.15) is 19.3 Å². The molecule has 4 rings (SSSR count). The number of hydrogen-bond donors (Lipinski definition) is 0. The molecule has 0 amide bonds. The van der Waals surface area contributed by atoms with Crippen LogP contribution >= 0.6 is 23.4 Å². The molecule has 2 saturated heterocycles. The topological polar surface area (TPSA) is 62.6 Å². The van der Waals surface area contributed by atoms with Crippen LogP contribution < -0.4 is 5.56 Å². The largest absolute Gasteiger partial charge is 0.376 e. The summed E-state index contributed by atoms with van der Waals surface area (Å²) in [6.07, 6.45) is 3.03. The molecule has 2 fully saturated rings. The number of hydrogen-bond acceptors (Lipinski definition) is 6. The lowest BCUT2D eigenvalue weighted by Gasteiger charge is -2.23. The molecule has 0 bridgehead atoms. The highest BCUT2D eigenvalue weighted by atomic mass is 35.5. The molecule has 2 aliphatic heterocycles. The lowest BCUT2D eigenvalue weighted by atomic mass is 10.2. The fourth-order valence-corrected chi connectivity index (χ4v) is 4.48. The normalized spacial score (nSPS) is 23.6. The number of thioether (sulfide) groups is 1. The van der Waals surface area contributed by atoms with Crippen LogP contribution in [0, 0.1) is 0 Å². The summed E-state index contributed by atoms with van der Waals surface area (Å²) >= 11 is 7.63. The summed E-state index contributed by atoms with van der Waals surface area (Å²) in [6.45, 7) is 2.32. The molecule has 2 aromatic rings. The van der Waals surface area contributed by atoms with Crippen LogP contribution in [-0.4, -0.2) is 47.5 Å². The molecule has 0 N–H and O–H groups in total. The van der Waals surface area contributed by atoms with E-state index < -0.39 is 0 Å². The monoisotopic (exact) mass is 396 g/mol. The molecule has 6 nitrogen and oxygen atoms in total. The molecule has 1 aromatic heterocycles. The summed E-state index contributed by atoms with van der Waals surface area (Å²) in [6, 6.07) is 5.21. The van der Waals surface area contributed by atoms with Gasteiger partial charge in [-0.3, -0.25) is 9.36 Å². The highest BCUT2D eigenvalue weighted by Gasteiger charge is 2.22. The maximum atomic E-state index is 13.1. The Morgan fingerprint density at radius 1 is 1.23 bits per heavy atom. The average molecular weight is 397 g/mol. The third-order valence-electron chi connectivity index (χ3n) is 4.66.